The van der Waals surface area contributed by atoms with Crippen LogP contribution >= 0.6 is 0 Å². The molecule has 0 spiro atoms. The number of esters is 1. The van der Waals surface area contributed by atoms with Gasteiger partial charge in [-0.15, -0.1) is 0 Å². The molecule has 1 rings (SSSR count). The van der Waals surface area contributed by atoms with Crippen LogP contribution in [0.5, 0.6) is 0 Å². The summed E-state index contributed by atoms with van der Waals surface area (Å²) in [4.78, 5) is 11.3. The van der Waals surface area contributed by atoms with Crippen LogP contribution in [0.1, 0.15) is 39.0 Å². The number of rotatable bonds is 10. The molecular weight excluding hydrogens is 220 g/mol. The van der Waals surface area contributed by atoms with Gasteiger partial charge in [0.2, 0.25) is 0 Å². The van der Waals surface area contributed by atoms with E-state index in [2.05, 4.69) is 6.92 Å². The number of hydrogen-bond donors (Lipinski definition) is 0. The van der Waals surface area contributed by atoms with E-state index in [9.17, 15) is 4.79 Å². The molecule has 0 unspecified atom stereocenters. The van der Waals surface area contributed by atoms with Gasteiger partial charge in [-0.25, -0.2) is 0 Å². The SMILES string of the molecule is CCCCOCCOCCOC(=O)C1CCC1. The Kier molecular flexibility index (Phi) is 8.01. The molecule has 1 saturated carbocycles. The fourth-order valence-electron chi connectivity index (χ4n) is 1.53. The molecule has 0 radical (unpaired) electrons. The normalized spacial score (nSPS) is 15.6. The van der Waals surface area contributed by atoms with Gasteiger partial charge in [0.05, 0.1) is 25.7 Å². The standard InChI is InChI=1S/C13H24O4/c1-2-3-7-15-8-9-16-10-11-17-13(14)12-5-4-6-12/h12H,2-11H2,1H3. The van der Waals surface area contributed by atoms with E-state index < -0.39 is 0 Å². The molecule has 0 atom stereocenters. The van der Waals surface area contributed by atoms with Crippen LogP contribution in [-0.4, -0.2) is 39.0 Å². The van der Waals surface area contributed by atoms with Crippen LogP contribution in [-0.2, 0) is 19.0 Å². The van der Waals surface area contributed by atoms with Gasteiger partial charge in [-0.1, -0.05) is 19.8 Å². The Bertz CT molecular complexity index is 202. The summed E-state index contributed by atoms with van der Waals surface area (Å²) in [6.07, 6.45) is 5.39. The van der Waals surface area contributed by atoms with Crippen LogP contribution in [0.3, 0.4) is 0 Å². The van der Waals surface area contributed by atoms with Gasteiger partial charge in [0, 0.05) is 6.61 Å². The number of ether oxygens (including phenoxy) is 3. The van der Waals surface area contributed by atoms with Gasteiger partial charge in [0.15, 0.2) is 0 Å². The smallest absolute Gasteiger partial charge is 0.309 e. The van der Waals surface area contributed by atoms with Gasteiger partial charge in [-0.05, 0) is 19.3 Å². The van der Waals surface area contributed by atoms with E-state index in [0.717, 1.165) is 38.7 Å². The van der Waals surface area contributed by atoms with Crippen molar-refractivity contribution in [1.29, 1.82) is 0 Å². The molecule has 1 aliphatic carbocycles. The van der Waals surface area contributed by atoms with Gasteiger partial charge in [0.25, 0.3) is 0 Å². The molecule has 100 valence electrons. The third kappa shape index (κ3) is 6.64. The lowest BCUT2D eigenvalue weighted by molar-refractivity contribution is -0.153. The predicted molar refractivity (Wildman–Crippen MR) is 64.8 cm³/mol. The molecule has 4 nitrogen and oxygen atoms in total. The summed E-state index contributed by atoms with van der Waals surface area (Å²) in [6.45, 7) is 4.97. The van der Waals surface area contributed by atoms with Crippen molar-refractivity contribution in [3.63, 3.8) is 0 Å². The highest BCUT2D eigenvalue weighted by molar-refractivity contribution is 5.73. The highest BCUT2D eigenvalue weighted by Crippen LogP contribution is 2.27. The second-order valence-corrected chi connectivity index (χ2v) is 4.37. The molecule has 1 aliphatic rings. The number of carbonyl (C=O) groups is 1. The largest absolute Gasteiger partial charge is 0.463 e. The fraction of sp³-hybridized carbons (Fsp3) is 0.923. The van der Waals surface area contributed by atoms with E-state index in [1.165, 1.54) is 0 Å². The first-order chi connectivity index (χ1) is 8.34. The van der Waals surface area contributed by atoms with E-state index in [-0.39, 0.29) is 11.9 Å². The van der Waals surface area contributed by atoms with Crippen LogP contribution < -0.4 is 0 Å². The monoisotopic (exact) mass is 244 g/mol. The van der Waals surface area contributed by atoms with Crippen molar-refractivity contribution in [2.24, 2.45) is 5.92 Å². The summed E-state index contributed by atoms with van der Waals surface area (Å²) < 4.78 is 15.7. The van der Waals surface area contributed by atoms with Crippen molar-refractivity contribution in [1.82, 2.24) is 0 Å². The summed E-state index contributed by atoms with van der Waals surface area (Å²) in [6, 6.07) is 0. The minimum atomic E-state index is -0.0564. The molecule has 17 heavy (non-hydrogen) atoms. The summed E-state index contributed by atoms with van der Waals surface area (Å²) in [5.74, 6) is 0.103. The minimum absolute atomic E-state index is 0.0564. The Hall–Kier alpha value is -0.610. The molecule has 4 heteroatoms. The number of unbranched alkanes of at least 4 members (excludes halogenated alkanes) is 1. The Labute approximate surface area is 104 Å². The quantitative estimate of drug-likeness (QED) is 0.436. The van der Waals surface area contributed by atoms with Crippen molar-refractivity contribution < 1.29 is 19.0 Å². The number of hydrogen-bond acceptors (Lipinski definition) is 4. The first-order valence-corrected chi connectivity index (χ1v) is 6.66. The Morgan fingerprint density at radius 3 is 2.29 bits per heavy atom. The first-order valence-electron chi connectivity index (χ1n) is 6.66. The van der Waals surface area contributed by atoms with E-state index >= 15 is 0 Å². The average Bonchev–Trinajstić information content (AvgIpc) is 2.24. The topological polar surface area (TPSA) is 44.8 Å². The van der Waals surface area contributed by atoms with Gasteiger partial charge < -0.3 is 14.2 Å². The van der Waals surface area contributed by atoms with Gasteiger partial charge in [-0.3, -0.25) is 4.79 Å². The van der Waals surface area contributed by atoms with Crippen molar-refractivity contribution in [2.45, 2.75) is 39.0 Å². The third-order valence-corrected chi connectivity index (χ3v) is 2.92. The fourth-order valence-corrected chi connectivity index (χ4v) is 1.53. The average molecular weight is 244 g/mol. The minimum Gasteiger partial charge on any atom is -0.463 e. The zero-order valence-electron chi connectivity index (χ0n) is 10.8. The van der Waals surface area contributed by atoms with E-state index in [0.29, 0.717) is 26.4 Å². The molecule has 0 amide bonds. The highest BCUT2D eigenvalue weighted by atomic mass is 16.6. The van der Waals surface area contributed by atoms with Crippen molar-refractivity contribution in [3.8, 4) is 0 Å². The Morgan fingerprint density at radius 2 is 1.71 bits per heavy atom. The van der Waals surface area contributed by atoms with Crippen molar-refractivity contribution >= 4 is 5.97 Å². The zero-order chi connectivity index (χ0) is 12.3. The molecule has 0 bridgehead atoms. The lowest BCUT2D eigenvalue weighted by Crippen LogP contribution is -2.25. The molecule has 0 heterocycles. The molecule has 0 N–H and O–H groups in total. The second-order valence-electron chi connectivity index (χ2n) is 4.37. The third-order valence-electron chi connectivity index (χ3n) is 2.92. The summed E-state index contributed by atoms with van der Waals surface area (Å²) in [5.41, 5.74) is 0. The molecule has 0 aromatic rings. The summed E-state index contributed by atoms with van der Waals surface area (Å²) >= 11 is 0. The molecule has 0 aliphatic heterocycles. The predicted octanol–water partition coefficient (Wildman–Crippen LogP) is 2.16. The maximum Gasteiger partial charge on any atom is 0.309 e. The number of carbonyl (C=O) groups excluding carboxylic acids is 1. The van der Waals surface area contributed by atoms with Gasteiger partial charge >= 0.3 is 5.97 Å². The summed E-state index contributed by atoms with van der Waals surface area (Å²) in [7, 11) is 0. The van der Waals surface area contributed by atoms with E-state index in [4.69, 9.17) is 14.2 Å². The van der Waals surface area contributed by atoms with E-state index in [1.807, 2.05) is 0 Å². The molecule has 1 fully saturated rings. The lowest BCUT2D eigenvalue weighted by Gasteiger charge is -2.22. The van der Waals surface area contributed by atoms with Crippen LogP contribution in [0, 0.1) is 5.92 Å². The van der Waals surface area contributed by atoms with Crippen LogP contribution in [0.25, 0.3) is 0 Å². The maximum atomic E-state index is 11.3. The Balaban J connectivity index is 1.76. The first kappa shape index (κ1) is 14.5. The van der Waals surface area contributed by atoms with Gasteiger partial charge in [-0.2, -0.15) is 0 Å². The molecule has 0 aromatic heterocycles. The second kappa shape index (κ2) is 9.42. The van der Waals surface area contributed by atoms with Crippen LogP contribution in [0.4, 0.5) is 0 Å². The van der Waals surface area contributed by atoms with Gasteiger partial charge in [0.1, 0.15) is 6.61 Å². The van der Waals surface area contributed by atoms with Crippen LogP contribution in [0.2, 0.25) is 0 Å². The molecular formula is C13H24O4. The van der Waals surface area contributed by atoms with Crippen molar-refractivity contribution in [2.75, 3.05) is 33.0 Å². The molecule has 0 aromatic carbocycles. The highest BCUT2D eigenvalue weighted by Gasteiger charge is 2.26. The van der Waals surface area contributed by atoms with E-state index in [1.54, 1.807) is 0 Å². The lowest BCUT2D eigenvalue weighted by atomic mass is 9.86. The van der Waals surface area contributed by atoms with Crippen molar-refractivity contribution in [3.05, 3.63) is 0 Å². The molecule has 0 saturated heterocycles. The summed E-state index contributed by atoms with van der Waals surface area (Å²) in [5, 5.41) is 0. The Morgan fingerprint density at radius 1 is 1.06 bits per heavy atom. The maximum absolute atomic E-state index is 11.3. The zero-order valence-corrected chi connectivity index (χ0v) is 10.8. The van der Waals surface area contributed by atoms with Crippen LogP contribution in [0.15, 0.2) is 0 Å².